The number of halogens is 1. The number of hydrogen-bond acceptors (Lipinski definition) is 2. The van der Waals surface area contributed by atoms with Gasteiger partial charge in [-0.1, -0.05) is 15.9 Å². The number of carboxylic acids is 1. The van der Waals surface area contributed by atoms with Crippen molar-refractivity contribution >= 4 is 27.6 Å². The van der Waals surface area contributed by atoms with Crippen LogP contribution >= 0.6 is 15.9 Å². The number of carbonyl (C=O) groups is 1. The van der Waals surface area contributed by atoms with Gasteiger partial charge >= 0.3 is 5.97 Å². The Hall–Kier alpha value is -1.03. The molecule has 0 saturated heterocycles. The van der Waals surface area contributed by atoms with Gasteiger partial charge in [-0.3, -0.25) is 4.79 Å². The molecule has 0 aliphatic heterocycles. The summed E-state index contributed by atoms with van der Waals surface area (Å²) in [6.45, 7) is 2.01. The van der Waals surface area contributed by atoms with E-state index in [1.165, 1.54) is 0 Å². The van der Waals surface area contributed by atoms with Crippen molar-refractivity contribution in [2.45, 2.75) is 19.4 Å². The van der Waals surface area contributed by atoms with Crippen LogP contribution in [0, 0.1) is 12.8 Å². The highest BCUT2D eigenvalue weighted by Crippen LogP contribution is 2.34. The van der Waals surface area contributed by atoms with Crippen LogP contribution in [0.2, 0.25) is 0 Å². The standard InChI is InChI=1S/C11H12BrNO2/c1-6-4-7(2-3-9(6)12)13-10-5-8(10)11(14)15/h2-4,8,10,13H,5H2,1H3,(H,14,15). The SMILES string of the molecule is Cc1cc(NC2CC2C(=O)O)ccc1Br. The number of benzene rings is 1. The summed E-state index contributed by atoms with van der Waals surface area (Å²) in [6, 6.07) is 6.04. The zero-order chi connectivity index (χ0) is 11.0. The second kappa shape index (κ2) is 3.85. The monoisotopic (exact) mass is 269 g/mol. The summed E-state index contributed by atoms with van der Waals surface area (Å²) in [4.78, 5) is 10.6. The molecule has 1 fully saturated rings. The molecule has 4 heteroatoms. The third-order valence-corrected chi connectivity index (χ3v) is 3.51. The Morgan fingerprint density at radius 2 is 2.33 bits per heavy atom. The molecule has 2 unspecified atom stereocenters. The van der Waals surface area contributed by atoms with Crippen molar-refractivity contribution in [2.24, 2.45) is 5.92 Å². The molecule has 0 spiro atoms. The number of aryl methyl sites for hydroxylation is 1. The Labute approximate surface area is 96.6 Å². The molecule has 0 radical (unpaired) electrons. The molecule has 2 rings (SSSR count). The molecule has 1 aliphatic rings. The average Bonchev–Trinajstić information content (AvgIpc) is 2.91. The van der Waals surface area contributed by atoms with E-state index in [0.717, 1.165) is 22.1 Å². The molecular weight excluding hydrogens is 258 g/mol. The van der Waals surface area contributed by atoms with Crippen LogP contribution in [0.25, 0.3) is 0 Å². The van der Waals surface area contributed by atoms with Gasteiger partial charge in [-0.05, 0) is 37.1 Å². The van der Waals surface area contributed by atoms with Crippen LogP contribution in [0.15, 0.2) is 22.7 Å². The first-order chi connectivity index (χ1) is 7.08. The Morgan fingerprint density at radius 3 is 2.87 bits per heavy atom. The van der Waals surface area contributed by atoms with Gasteiger partial charge in [0.2, 0.25) is 0 Å². The summed E-state index contributed by atoms with van der Waals surface area (Å²) in [5, 5.41) is 12.0. The first-order valence-corrected chi connectivity index (χ1v) is 5.62. The normalized spacial score (nSPS) is 23.6. The molecule has 0 heterocycles. The molecule has 2 N–H and O–H groups in total. The van der Waals surface area contributed by atoms with Crippen molar-refractivity contribution in [1.29, 1.82) is 0 Å². The Morgan fingerprint density at radius 1 is 1.60 bits per heavy atom. The van der Waals surface area contributed by atoms with E-state index in [1.807, 2.05) is 25.1 Å². The fraction of sp³-hybridized carbons (Fsp3) is 0.364. The number of anilines is 1. The van der Waals surface area contributed by atoms with Gasteiger partial charge in [0.15, 0.2) is 0 Å². The van der Waals surface area contributed by atoms with Crippen molar-refractivity contribution in [1.82, 2.24) is 0 Å². The van der Waals surface area contributed by atoms with E-state index >= 15 is 0 Å². The summed E-state index contributed by atoms with van der Waals surface area (Å²) in [5.74, 6) is -0.921. The maximum atomic E-state index is 10.6. The Kier molecular flexibility index (Phi) is 2.69. The van der Waals surface area contributed by atoms with Crippen LogP contribution in [-0.2, 0) is 4.79 Å². The molecule has 3 nitrogen and oxygen atoms in total. The highest BCUT2D eigenvalue weighted by Gasteiger charge is 2.43. The summed E-state index contributed by atoms with van der Waals surface area (Å²) < 4.78 is 1.07. The molecule has 2 atom stereocenters. The van der Waals surface area contributed by atoms with E-state index in [2.05, 4.69) is 21.2 Å². The fourth-order valence-corrected chi connectivity index (χ4v) is 1.82. The van der Waals surface area contributed by atoms with Crippen LogP contribution in [0.1, 0.15) is 12.0 Å². The molecule has 1 aromatic rings. The summed E-state index contributed by atoms with van der Waals surface area (Å²) in [6.07, 6.45) is 0.727. The molecule has 0 amide bonds. The lowest BCUT2D eigenvalue weighted by atomic mass is 10.2. The molecule has 80 valence electrons. The van der Waals surface area contributed by atoms with Gasteiger partial charge in [-0.2, -0.15) is 0 Å². The van der Waals surface area contributed by atoms with Gasteiger partial charge < -0.3 is 10.4 Å². The molecule has 1 aromatic carbocycles. The highest BCUT2D eigenvalue weighted by atomic mass is 79.9. The first kappa shape index (κ1) is 10.5. The van der Waals surface area contributed by atoms with Crippen LogP contribution < -0.4 is 5.32 Å². The van der Waals surface area contributed by atoms with Crippen molar-refractivity contribution < 1.29 is 9.90 Å². The van der Waals surface area contributed by atoms with Gasteiger partial charge in [0.25, 0.3) is 0 Å². The van der Waals surface area contributed by atoms with E-state index in [-0.39, 0.29) is 12.0 Å². The topological polar surface area (TPSA) is 49.3 Å². The molecular formula is C11H12BrNO2. The van der Waals surface area contributed by atoms with Crippen molar-refractivity contribution in [3.05, 3.63) is 28.2 Å². The predicted molar refractivity (Wildman–Crippen MR) is 62.0 cm³/mol. The minimum absolute atomic E-state index is 0.100. The Balaban J connectivity index is 2.01. The molecule has 1 saturated carbocycles. The van der Waals surface area contributed by atoms with E-state index in [4.69, 9.17) is 5.11 Å². The maximum Gasteiger partial charge on any atom is 0.308 e. The number of carboxylic acid groups (broad SMARTS) is 1. The quantitative estimate of drug-likeness (QED) is 0.887. The Bertz CT molecular complexity index is 406. The second-order valence-electron chi connectivity index (χ2n) is 3.90. The highest BCUT2D eigenvalue weighted by molar-refractivity contribution is 9.10. The van der Waals surface area contributed by atoms with Gasteiger partial charge in [-0.25, -0.2) is 0 Å². The molecule has 15 heavy (non-hydrogen) atoms. The molecule has 0 aromatic heterocycles. The van der Waals surface area contributed by atoms with Crippen molar-refractivity contribution in [3.63, 3.8) is 0 Å². The van der Waals surface area contributed by atoms with Crippen LogP contribution in [0.5, 0.6) is 0 Å². The minimum atomic E-state index is -0.707. The van der Waals surface area contributed by atoms with Crippen LogP contribution in [0.4, 0.5) is 5.69 Å². The van der Waals surface area contributed by atoms with Crippen molar-refractivity contribution in [2.75, 3.05) is 5.32 Å². The van der Waals surface area contributed by atoms with Crippen LogP contribution in [0.3, 0.4) is 0 Å². The molecule has 0 bridgehead atoms. The summed E-state index contributed by atoms with van der Waals surface area (Å²) in [7, 11) is 0. The lowest BCUT2D eigenvalue weighted by Crippen LogP contribution is -2.10. The second-order valence-corrected chi connectivity index (χ2v) is 4.75. The number of aliphatic carboxylic acids is 1. The lowest BCUT2D eigenvalue weighted by molar-refractivity contribution is -0.138. The van der Waals surface area contributed by atoms with Gasteiger partial charge in [0.05, 0.1) is 5.92 Å². The fourth-order valence-electron chi connectivity index (χ4n) is 1.58. The van der Waals surface area contributed by atoms with Gasteiger partial charge in [0, 0.05) is 16.2 Å². The number of rotatable bonds is 3. The third kappa shape index (κ3) is 2.31. The van der Waals surface area contributed by atoms with Crippen molar-refractivity contribution in [3.8, 4) is 0 Å². The zero-order valence-electron chi connectivity index (χ0n) is 8.33. The number of nitrogens with one attached hydrogen (secondary N) is 1. The summed E-state index contributed by atoms with van der Waals surface area (Å²) >= 11 is 3.42. The third-order valence-electron chi connectivity index (χ3n) is 2.62. The molecule has 1 aliphatic carbocycles. The van der Waals surface area contributed by atoms with E-state index < -0.39 is 5.97 Å². The van der Waals surface area contributed by atoms with E-state index in [9.17, 15) is 4.79 Å². The van der Waals surface area contributed by atoms with E-state index in [0.29, 0.717) is 0 Å². The van der Waals surface area contributed by atoms with E-state index in [1.54, 1.807) is 0 Å². The smallest absolute Gasteiger partial charge is 0.308 e. The maximum absolute atomic E-state index is 10.6. The predicted octanol–water partition coefficient (Wildman–Crippen LogP) is 2.64. The zero-order valence-corrected chi connectivity index (χ0v) is 9.91. The lowest BCUT2D eigenvalue weighted by Gasteiger charge is -2.06. The van der Waals surface area contributed by atoms with Gasteiger partial charge in [0.1, 0.15) is 0 Å². The average molecular weight is 270 g/mol. The largest absolute Gasteiger partial charge is 0.481 e. The minimum Gasteiger partial charge on any atom is -0.481 e. The van der Waals surface area contributed by atoms with Gasteiger partial charge in [-0.15, -0.1) is 0 Å². The summed E-state index contributed by atoms with van der Waals surface area (Å²) in [5.41, 5.74) is 2.14. The number of hydrogen-bond donors (Lipinski definition) is 2. The first-order valence-electron chi connectivity index (χ1n) is 4.83. The van der Waals surface area contributed by atoms with Crippen LogP contribution in [-0.4, -0.2) is 17.1 Å².